The zero-order valence-electron chi connectivity index (χ0n) is 11.2. The van der Waals surface area contributed by atoms with E-state index in [-0.39, 0.29) is 0 Å². The second kappa shape index (κ2) is 6.14. The molecule has 3 heteroatoms. The van der Waals surface area contributed by atoms with Gasteiger partial charge in [0.05, 0.1) is 14.2 Å². The second-order valence-corrected chi connectivity index (χ2v) is 4.10. The molecule has 0 atom stereocenters. The number of benzene rings is 2. The van der Waals surface area contributed by atoms with Gasteiger partial charge in [0.15, 0.2) is 11.5 Å². The third-order valence-electron chi connectivity index (χ3n) is 2.75. The first kappa shape index (κ1) is 13.3. The molecule has 0 N–H and O–H groups in total. The normalized spacial score (nSPS) is 10.1. The van der Waals surface area contributed by atoms with E-state index in [1.54, 1.807) is 14.2 Å². The van der Waals surface area contributed by atoms with Crippen LogP contribution in [0.3, 0.4) is 0 Å². The summed E-state index contributed by atoms with van der Waals surface area (Å²) in [4.78, 5) is 0. The van der Waals surface area contributed by atoms with E-state index in [1.807, 2.05) is 42.5 Å². The van der Waals surface area contributed by atoms with Crippen molar-refractivity contribution in [3.05, 3.63) is 60.5 Å². The first-order chi connectivity index (χ1) is 9.24. The van der Waals surface area contributed by atoms with Crippen LogP contribution in [-0.2, 0) is 6.61 Å². The molecule has 0 saturated carbocycles. The first-order valence-corrected chi connectivity index (χ1v) is 5.99. The highest BCUT2D eigenvalue weighted by atomic mass is 16.5. The monoisotopic (exact) mass is 257 g/mol. The quantitative estimate of drug-likeness (QED) is 0.821. The van der Waals surface area contributed by atoms with E-state index in [9.17, 15) is 0 Å². The smallest absolute Gasteiger partial charge is 0.203 e. The molecule has 2 aromatic carbocycles. The molecule has 0 aliphatic rings. The molecule has 0 aromatic heterocycles. The molecule has 0 fully saturated rings. The van der Waals surface area contributed by atoms with E-state index in [0.29, 0.717) is 23.9 Å². The molecule has 0 aliphatic heterocycles. The number of ether oxygens (including phenoxy) is 3. The van der Waals surface area contributed by atoms with E-state index in [0.717, 1.165) is 11.1 Å². The van der Waals surface area contributed by atoms with Crippen LogP contribution in [0.5, 0.6) is 17.2 Å². The predicted molar refractivity (Wildman–Crippen MR) is 74.8 cm³/mol. The predicted octanol–water partition coefficient (Wildman–Crippen LogP) is 3.46. The maximum Gasteiger partial charge on any atom is 0.203 e. The van der Waals surface area contributed by atoms with Gasteiger partial charge < -0.3 is 14.2 Å². The Hall–Kier alpha value is -2.16. The molecule has 0 heterocycles. The fourth-order valence-electron chi connectivity index (χ4n) is 1.81. The molecule has 0 saturated heterocycles. The molecular weight excluding hydrogens is 240 g/mol. The van der Waals surface area contributed by atoms with E-state index in [4.69, 9.17) is 14.2 Å². The molecule has 0 spiro atoms. The van der Waals surface area contributed by atoms with Crippen LogP contribution in [0.4, 0.5) is 0 Å². The molecule has 2 rings (SSSR count). The van der Waals surface area contributed by atoms with Gasteiger partial charge in [-0.3, -0.25) is 0 Å². The average Bonchev–Trinajstić information content (AvgIpc) is 2.46. The van der Waals surface area contributed by atoms with Crippen molar-refractivity contribution in [2.75, 3.05) is 14.2 Å². The van der Waals surface area contributed by atoms with Crippen molar-refractivity contribution in [3.8, 4) is 17.2 Å². The van der Waals surface area contributed by atoms with Gasteiger partial charge >= 0.3 is 0 Å². The number of methoxy groups -OCH3 is 2. The van der Waals surface area contributed by atoms with Crippen LogP contribution < -0.4 is 14.2 Å². The number of rotatable bonds is 5. The van der Waals surface area contributed by atoms with Gasteiger partial charge in [-0.2, -0.15) is 0 Å². The SMILES string of the molecule is [CH2]c1cc(OC)c(OCc2ccccc2)c(OC)c1. The topological polar surface area (TPSA) is 27.7 Å². The van der Waals surface area contributed by atoms with Crippen molar-refractivity contribution in [2.45, 2.75) is 6.61 Å². The van der Waals surface area contributed by atoms with Crippen molar-refractivity contribution in [2.24, 2.45) is 0 Å². The van der Waals surface area contributed by atoms with Crippen molar-refractivity contribution in [1.29, 1.82) is 0 Å². The summed E-state index contributed by atoms with van der Waals surface area (Å²) in [6.07, 6.45) is 0. The molecule has 1 radical (unpaired) electrons. The first-order valence-electron chi connectivity index (χ1n) is 5.99. The van der Waals surface area contributed by atoms with Gasteiger partial charge in [0.2, 0.25) is 5.75 Å². The highest BCUT2D eigenvalue weighted by Crippen LogP contribution is 2.38. The van der Waals surface area contributed by atoms with Crippen LogP contribution in [0.25, 0.3) is 0 Å². The fraction of sp³-hybridized carbons (Fsp3) is 0.188. The number of hydrogen-bond donors (Lipinski definition) is 0. The summed E-state index contributed by atoms with van der Waals surface area (Å²) in [5.74, 6) is 1.85. The maximum absolute atomic E-state index is 5.81. The Labute approximate surface area is 113 Å². The van der Waals surface area contributed by atoms with Crippen LogP contribution in [-0.4, -0.2) is 14.2 Å². The molecule has 99 valence electrons. The summed E-state index contributed by atoms with van der Waals surface area (Å²) >= 11 is 0. The van der Waals surface area contributed by atoms with Gasteiger partial charge in [0, 0.05) is 0 Å². The van der Waals surface area contributed by atoms with Crippen molar-refractivity contribution in [1.82, 2.24) is 0 Å². The minimum Gasteiger partial charge on any atom is -0.493 e. The Kier molecular flexibility index (Phi) is 4.29. The van der Waals surface area contributed by atoms with E-state index < -0.39 is 0 Å². The van der Waals surface area contributed by atoms with Crippen molar-refractivity contribution < 1.29 is 14.2 Å². The third kappa shape index (κ3) is 3.19. The lowest BCUT2D eigenvalue weighted by molar-refractivity contribution is 0.266. The molecule has 19 heavy (non-hydrogen) atoms. The Morgan fingerprint density at radius 1 is 0.947 bits per heavy atom. The van der Waals surface area contributed by atoms with E-state index in [2.05, 4.69) is 6.92 Å². The Morgan fingerprint density at radius 2 is 1.53 bits per heavy atom. The van der Waals surface area contributed by atoms with Crippen LogP contribution in [0.1, 0.15) is 11.1 Å². The standard InChI is InChI=1S/C16H17O3/c1-12-9-14(17-2)16(15(10-12)18-3)19-11-13-7-5-4-6-8-13/h4-10H,1,11H2,2-3H3. The van der Waals surface area contributed by atoms with Crippen molar-refractivity contribution >= 4 is 0 Å². The zero-order chi connectivity index (χ0) is 13.7. The molecule has 2 aromatic rings. The minimum atomic E-state index is 0.462. The van der Waals surface area contributed by atoms with Gasteiger partial charge in [-0.1, -0.05) is 30.3 Å². The fourth-order valence-corrected chi connectivity index (χ4v) is 1.81. The minimum absolute atomic E-state index is 0.462. The van der Waals surface area contributed by atoms with E-state index >= 15 is 0 Å². The van der Waals surface area contributed by atoms with Gasteiger partial charge in [-0.05, 0) is 30.2 Å². The summed E-state index contributed by atoms with van der Waals surface area (Å²) in [5.41, 5.74) is 1.91. The highest BCUT2D eigenvalue weighted by molar-refractivity contribution is 5.54. The van der Waals surface area contributed by atoms with Crippen molar-refractivity contribution in [3.63, 3.8) is 0 Å². The Bertz CT molecular complexity index is 510. The maximum atomic E-state index is 5.81. The Morgan fingerprint density at radius 3 is 2.05 bits per heavy atom. The summed E-state index contributed by atoms with van der Waals surface area (Å²) in [7, 11) is 3.20. The van der Waals surface area contributed by atoms with E-state index in [1.165, 1.54) is 0 Å². The van der Waals surface area contributed by atoms with Gasteiger partial charge in [-0.15, -0.1) is 0 Å². The average molecular weight is 257 g/mol. The molecule has 0 aliphatic carbocycles. The van der Waals surface area contributed by atoms with Crippen LogP contribution >= 0.6 is 0 Å². The lowest BCUT2D eigenvalue weighted by Gasteiger charge is -2.15. The Balaban J connectivity index is 2.23. The van der Waals surface area contributed by atoms with Crippen LogP contribution in [0.15, 0.2) is 42.5 Å². The zero-order valence-corrected chi connectivity index (χ0v) is 11.2. The third-order valence-corrected chi connectivity index (χ3v) is 2.75. The molecule has 0 bridgehead atoms. The largest absolute Gasteiger partial charge is 0.493 e. The highest BCUT2D eigenvalue weighted by Gasteiger charge is 2.13. The molecule has 3 nitrogen and oxygen atoms in total. The van der Waals surface area contributed by atoms with Crippen LogP contribution in [0.2, 0.25) is 0 Å². The summed E-state index contributed by atoms with van der Waals surface area (Å²) in [5, 5.41) is 0. The lowest BCUT2D eigenvalue weighted by atomic mass is 10.2. The summed E-state index contributed by atoms with van der Waals surface area (Å²) < 4.78 is 16.4. The molecule has 0 amide bonds. The molecule has 0 unspecified atom stereocenters. The van der Waals surface area contributed by atoms with Crippen LogP contribution in [0, 0.1) is 6.92 Å². The number of hydrogen-bond acceptors (Lipinski definition) is 3. The lowest BCUT2D eigenvalue weighted by Crippen LogP contribution is -2.00. The molecular formula is C16H17O3. The van der Waals surface area contributed by atoms with Gasteiger partial charge in [0.25, 0.3) is 0 Å². The second-order valence-electron chi connectivity index (χ2n) is 4.10. The van der Waals surface area contributed by atoms with Gasteiger partial charge in [-0.25, -0.2) is 0 Å². The van der Waals surface area contributed by atoms with Gasteiger partial charge in [0.1, 0.15) is 6.61 Å². The summed E-state index contributed by atoms with van der Waals surface area (Å²) in [6, 6.07) is 13.6. The summed E-state index contributed by atoms with van der Waals surface area (Å²) in [6.45, 7) is 4.34.